The molecule has 1 aromatic carbocycles. The van der Waals surface area contributed by atoms with Crippen molar-refractivity contribution in [2.24, 2.45) is 5.84 Å². The number of carbonyl (C=O) groups is 1. The van der Waals surface area contributed by atoms with E-state index < -0.39 is 0 Å². The lowest BCUT2D eigenvalue weighted by atomic mass is 10.0. The predicted molar refractivity (Wildman–Crippen MR) is 76.7 cm³/mol. The highest BCUT2D eigenvalue weighted by Crippen LogP contribution is 2.30. The summed E-state index contributed by atoms with van der Waals surface area (Å²) in [6.45, 7) is 0.754. The van der Waals surface area contributed by atoms with Gasteiger partial charge in [-0.05, 0) is 31.4 Å². The van der Waals surface area contributed by atoms with Gasteiger partial charge in [0.25, 0.3) is 0 Å². The van der Waals surface area contributed by atoms with Gasteiger partial charge < -0.3 is 14.8 Å². The van der Waals surface area contributed by atoms with Gasteiger partial charge in [0.15, 0.2) is 11.5 Å². The average molecular weight is 279 g/mol. The van der Waals surface area contributed by atoms with Crippen LogP contribution in [0.1, 0.15) is 19.3 Å². The molecule has 0 unspecified atom stereocenters. The summed E-state index contributed by atoms with van der Waals surface area (Å²) in [5.74, 6) is 6.99. The predicted octanol–water partition coefficient (Wildman–Crippen LogP) is 1.37. The molecule has 0 aliphatic carbocycles. The van der Waals surface area contributed by atoms with Crippen molar-refractivity contribution in [1.82, 2.24) is 5.01 Å². The third kappa shape index (κ3) is 3.20. The summed E-state index contributed by atoms with van der Waals surface area (Å²) in [5.41, 5.74) is 0.673. The largest absolute Gasteiger partial charge is 0.493 e. The molecule has 1 heterocycles. The zero-order valence-corrected chi connectivity index (χ0v) is 11.9. The molecular weight excluding hydrogens is 258 g/mol. The number of ether oxygens (including phenoxy) is 2. The Morgan fingerprint density at radius 2 is 2.05 bits per heavy atom. The van der Waals surface area contributed by atoms with Gasteiger partial charge in [-0.1, -0.05) is 0 Å². The Bertz CT molecular complexity index is 479. The second-order valence-corrected chi connectivity index (χ2v) is 4.81. The molecule has 1 fully saturated rings. The van der Waals surface area contributed by atoms with Gasteiger partial charge in [-0.2, -0.15) is 0 Å². The van der Waals surface area contributed by atoms with Crippen molar-refractivity contribution < 1.29 is 14.3 Å². The number of anilines is 1. The Hall–Kier alpha value is -1.79. The Kier molecular flexibility index (Phi) is 4.81. The van der Waals surface area contributed by atoms with E-state index in [0.717, 1.165) is 25.8 Å². The molecule has 1 atom stereocenters. The molecule has 0 bridgehead atoms. The quantitative estimate of drug-likeness (QED) is 0.814. The van der Waals surface area contributed by atoms with Crippen molar-refractivity contribution in [2.45, 2.75) is 25.3 Å². The van der Waals surface area contributed by atoms with Gasteiger partial charge in [-0.15, -0.1) is 0 Å². The molecule has 0 spiro atoms. The van der Waals surface area contributed by atoms with Crippen molar-refractivity contribution >= 4 is 11.6 Å². The maximum absolute atomic E-state index is 12.2. The van der Waals surface area contributed by atoms with Crippen molar-refractivity contribution in [1.29, 1.82) is 0 Å². The number of nitrogens with one attached hydrogen (secondary N) is 1. The highest BCUT2D eigenvalue weighted by molar-refractivity contribution is 5.95. The summed E-state index contributed by atoms with van der Waals surface area (Å²) in [5, 5.41) is 4.48. The van der Waals surface area contributed by atoms with E-state index in [9.17, 15) is 4.79 Å². The third-order valence-electron chi connectivity index (χ3n) is 3.50. The fourth-order valence-electron chi connectivity index (χ4n) is 2.37. The Morgan fingerprint density at radius 3 is 2.70 bits per heavy atom. The molecule has 3 N–H and O–H groups in total. The molecule has 6 heteroatoms. The van der Waals surface area contributed by atoms with Crippen molar-refractivity contribution in [2.75, 3.05) is 26.1 Å². The lowest BCUT2D eigenvalue weighted by molar-refractivity contribution is -0.122. The van der Waals surface area contributed by atoms with Crippen LogP contribution in [-0.4, -0.2) is 37.7 Å². The van der Waals surface area contributed by atoms with Crippen LogP contribution in [0.2, 0.25) is 0 Å². The summed E-state index contributed by atoms with van der Waals surface area (Å²) < 4.78 is 10.4. The molecule has 1 aromatic rings. The van der Waals surface area contributed by atoms with Crippen molar-refractivity contribution in [3.63, 3.8) is 0 Å². The number of hydrogen-bond donors (Lipinski definition) is 2. The highest BCUT2D eigenvalue weighted by Gasteiger charge is 2.26. The first-order valence-electron chi connectivity index (χ1n) is 6.70. The minimum absolute atomic E-state index is 0.0839. The first-order chi connectivity index (χ1) is 9.65. The molecule has 6 nitrogen and oxygen atoms in total. The van der Waals surface area contributed by atoms with E-state index in [1.807, 2.05) is 0 Å². The third-order valence-corrected chi connectivity index (χ3v) is 3.50. The van der Waals surface area contributed by atoms with E-state index in [0.29, 0.717) is 17.2 Å². The van der Waals surface area contributed by atoms with E-state index >= 15 is 0 Å². The molecule has 0 aromatic heterocycles. The molecule has 1 saturated heterocycles. The Balaban J connectivity index is 2.07. The zero-order valence-electron chi connectivity index (χ0n) is 11.9. The summed E-state index contributed by atoms with van der Waals surface area (Å²) in [4.78, 5) is 12.2. The number of nitrogens with zero attached hydrogens (tertiary/aromatic N) is 1. The van der Waals surface area contributed by atoms with Crippen LogP contribution in [-0.2, 0) is 4.79 Å². The molecule has 20 heavy (non-hydrogen) atoms. The molecule has 2 rings (SSSR count). The van der Waals surface area contributed by atoms with E-state index in [4.69, 9.17) is 15.3 Å². The van der Waals surface area contributed by atoms with Gasteiger partial charge in [0.1, 0.15) is 6.04 Å². The first kappa shape index (κ1) is 14.6. The number of hydrazine groups is 1. The number of hydrogen-bond acceptors (Lipinski definition) is 5. The normalized spacial score (nSPS) is 19.4. The molecule has 0 radical (unpaired) electrons. The zero-order chi connectivity index (χ0) is 14.5. The maximum Gasteiger partial charge on any atom is 0.243 e. The van der Waals surface area contributed by atoms with Crippen LogP contribution in [0.15, 0.2) is 18.2 Å². The monoisotopic (exact) mass is 279 g/mol. The van der Waals surface area contributed by atoms with Gasteiger partial charge in [-0.3, -0.25) is 10.6 Å². The SMILES string of the molecule is COc1ccc(NC(=O)[C@@H]2CCCCN2N)cc1OC. The summed E-state index contributed by atoms with van der Waals surface area (Å²) >= 11 is 0. The molecule has 0 saturated carbocycles. The minimum Gasteiger partial charge on any atom is -0.493 e. The van der Waals surface area contributed by atoms with Crippen molar-refractivity contribution in [3.05, 3.63) is 18.2 Å². The second kappa shape index (κ2) is 6.58. The number of amides is 1. The van der Waals surface area contributed by atoms with Crippen LogP contribution in [0.3, 0.4) is 0 Å². The van der Waals surface area contributed by atoms with Crippen LogP contribution in [0.5, 0.6) is 11.5 Å². The summed E-state index contributed by atoms with van der Waals surface area (Å²) in [6, 6.07) is 5.01. The molecule has 1 aliphatic rings. The minimum atomic E-state index is -0.267. The molecular formula is C14H21N3O3. The smallest absolute Gasteiger partial charge is 0.243 e. The van der Waals surface area contributed by atoms with E-state index in [1.54, 1.807) is 37.4 Å². The molecule has 110 valence electrons. The van der Waals surface area contributed by atoms with Gasteiger partial charge in [0, 0.05) is 18.3 Å². The molecule has 1 amide bonds. The van der Waals surface area contributed by atoms with Crippen LogP contribution in [0, 0.1) is 0 Å². The lowest BCUT2D eigenvalue weighted by Crippen LogP contribution is -2.50. The van der Waals surface area contributed by atoms with E-state index in [-0.39, 0.29) is 11.9 Å². The average Bonchev–Trinajstić information content (AvgIpc) is 2.47. The van der Waals surface area contributed by atoms with Crippen LogP contribution < -0.4 is 20.6 Å². The second-order valence-electron chi connectivity index (χ2n) is 4.81. The van der Waals surface area contributed by atoms with Crippen molar-refractivity contribution in [3.8, 4) is 11.5 Å². The summed E-state index contributed by atoms with van der Waals surface area (Å²) in [7, 11) is 3.14. The van der Waals surface area contributed by atoms with E-state index in [2.05, 4.69) is 5.32 Å². The highest BCUT2D eigenvalue weighted by atomic mass is 16.5. The standard InChI is InChI=1S/C14H21N3O3/c1-19-12-7-6-10(9-13(12)20-2)16-14(18)11-5-3-4-8-17(11)15/h6-7,9,11H,3-5,8,15H2,1-2H3,(H,16,18)/t11-/m0/s1. The van der Waals surface area contributed by atoms with Gasteiger partial charge in [0.2, 0.25) is 5.91 Å². The number of nitrogens with two attached hydrogens (primary N) is 1. The van der Waals surface area contributed by atoms with Crippen LogP contribution in [0.25, 0.3) is 0 Å². The van der Waals surface area contributed by atoms with Gasteiger partial charge >= 0.3 is 0 Å². The van der Waals surface area contributed by atoms with Gasteiger partial charge in [-0.25, -0.2) is 5.01 Å². The van der Waals surface area contributed by atoms with Crippen LogP contribution >= 0.6 is 0 Å². The fraction of sp³-hybridized carbons (Fsp3) is 0.500. The topological polar surface area (TPSA) is 76.8 Å². The van der Waals surface area contributed by atoms with Crippen LogP contribution in [0.4, 0.5) is 5.69 Å². The number of rotatable bonds is 4. The summed E-state index contributed by atoms with van der Waals surface area (Å²) in [6.07, 6.45) is 2.85. The number of piperidine rings is 1. The molecule has 1 aliphatic heterocycles. The fourth-order valence-corrected chi connectivity index (χ4v) is 2.37. The van der Waals surface area contributed by atoms with E-state index in [1.165, 1.54) is 0 Å². The Labute approximate surface area is 118 Å². The first-order valence-corrected chi connectivity index (χ1v) is 6.70. The lowest BCUT2D eigenvalue weighted by Gasteiger charge is -2.30. The maximum atomic E-state index is 12.2. The Morgan fingerprint density at radius 1 is 1.30 bits per heavy atom. The number of methoxy groups -OCH3 is 2. The van der Waals surface area contributed by atoms with Gasteiger partial charge in [0.05, 0.1) is 14.2 Å². The number of benzene rings is 1. The number of carbonyl (C=O) groups excluding carboxylic acids is 1.